The molecule has 0 saturated carbocycles. The van der Waals surface area contributed by atoms with Crippen molar-refractivity contribution in [2.45, 2.75) is 40.2 Å². The number of hydrogen-bond acceptors (Lipinski definition) is 2. The number of carbonyl (C=O) groups is 1. The van der Waals surface area contributed by atoms with Crippen LogP contribution in [0.25, 0.3) is 0 Å². The summed E-state index contributed by atoms with van der Waals surface area (Å²) in [6.07, 6.45) is 0.780. The van der Waals surface area contributed by atoms with E-state index in [0.717, 1.165) is 6.42 Å². The number of benzene rings is 1. The number of carbonyl (C=O) groups excluding carboxylic acids is 1. The second-order valence-corrected chi connectivity index (χ2v) is 4.93. The van der Waals surface area contributed by atoms with E-state index < -0.39 is 0 Å². The Morgan fingerprint density at radius 3 is 2.56 bits per heavy atom. The Bertz CT molecular complexity index is 411. The molecule has 1 amide bonds. The van der Waals surface area contributed by atoms with Crippen LogP contribution in [0.15, 0.2) is 18.2 Å². The average Bonchev–Trinajstić information content (AvgIpc) is 2.30. The van der Waals surface area contributed by atoms with Gasteiger partial charge in [-0.05, 0) is 38.3 Å². The highest BCUT2D eigenvalue weighted by molar-refractivity contribution is 5.79. The van der Waals surface area contributed by atoms with Crippen LogP contribution in [0.4, 0.5) is 0 Å². The molecule has 0 aromatic heterocycles. The first-order valence-electron chi connectivity index (χ1n) is 6.57. The largest absolute Gasteiger partial charge is 0.349 e. The molecule has 1 aromatic carbocycles. The van der Waals surface area contributed by atoms with Gasteiger partial charge in [0.05, 0.1) is 6.04 Å². The predicted octanol–water partition coefficient (Wildman–Crippen LogP) is 2.47. The maximum absolute atomic E-state index is 12.0. The Morgan fingerprint density at radius 1 is 1.39 bits per heavy atom. The normalized spacial score (nSPS) is 14.1. The number of amides is 1. The number of rotatable bonds is 5. The molecule has 1 rings (SSSR count). The molecule has 0 aliphatic carbocycles. The molecule has 0 saturated heterocycles. The van der Waals surface area contributed by atoms with E-state index in [2.05, 4.69) is 37.4 Å². The van der Waals surface area contributed by atoms with Gasteiger partial charge in [0, 0.05) is 12.5 Å². The molecule has 18 heavy (non-hydrogen) atoms. The van der Waals surface area contributed by atoms with Gasteiger partial charge >= 0.3 is 0 Å². The van der Waals surface area contributed by atoms with Gasteiger partial charge in [0.1, 0.15) is 0 Å². The van der Waals surface area contributed by atoms with Crippen LogP contribution in [0, 0.1) is 19.8 Å². The zero-order valence-electron chi connectivity index (χ0n) is 11.8. The molecule has 0 heterocycles. The van der Waals surface area contributed by atoms with Crippen molar-refractivity contribution in [3.8, 4) is 0 Å². The van der Waals surface area contributed by atoms with Crippen molar-refractivity contribution in [2.24, 2.45) is 11.7 Å². The van der Waals surface area contributed by atoms with Crippen molar-refractivity contribution in [1.82, 2.24) is 5.32 Å². The Morgan fingerprint density at radius 2 is 2.06 bits per heavy atom. The zero-order chi connectivity index (χ0) is 13.7. The molecule has 1 aromatic rings. The Labute approximate surface area is 110 Å². The summed E-state index contributed by atoms with van der Waals surface area (Å²) in [6, 6.07) is 6.32. The summed E-state index contributed by atoms with van der Waals surface area (Å²) < 4.78 is 0. The summed E-state index contributed by atoms with van der Waals surface area (Å²) in [6.45, 7) is 8.55. The molecule has 3 heteroatoms. The van der Waals surface area contributed by atoms with Crippen LogP contribution in [0.5, 0.6) is 0 Å². The van der Waals surface area contributed by atoms with Gasteiger partial charge in [0.25, 0.3) is 0 Å². The van der Waals surface area contributed by atoms with Crippen LogP contribution in [0.1, 0.15) is 43.0 Å². The lowest BCUT2D eigenvalue weighted by Crippen LogP contribution is -2.36. The molecule has 0 bridgehead atoms. The quantitative estimate of drug-likeness (QED) is 0.841. The molecular weight excluding hydrogens is 224 g/mol. The molecule has 0 aliphatic rings. The standard InChI is InChI=1S/C15H24N2O/c1-5-13(9-16)15(18)17-12(4)14-7-6-10(2)8-11(14)3/h6-8,12-13H,5,9,16H2,1-4H3,(H,17,18). The molecule has 2 atom stereocenters. The molecule has 0 fully saturated rings. The third kappa shape index (κ3) is 3.57. The van der Waals surface area contributed by atoms with Crippen LogP contribution in [0.2, 0.25) is 0 Å². The minimum absolute atomic E-state index is 0.0266. The van der Waals surface area contributed by atoms with Gasteiger partial charge in [-0.3, -0.25) is 4.79 Å². The molecule has 0 spiro atoms. The van der Waals surface area contributed by atoms with Crippen molar-refractivity contribution in [1.29, 1.82) is 0 Å². The molecule has 100 valence electrons. The van der Waals surface area contributed by atoms with Crippen molar-refractivity contribution in [3.05, 3.63) is 34.9 Å². The van der Waals surface area contributed by atoms with Crippen molar-refractivity contribution in [3.63, 3.8) is 0 Å². The highest BCUT2D eigenvalue weighted by Gasteiger charge is 2.18. The van der Waals surface area contributed by atoms with Gasteiger partial charge in [-0.15, -0.1) is 0 Å². The summed E-state index contributed by atoms with van der Waals surface area (Å²) in [4.78, 5) is 12.0. The minimum Gasteiger partial charge on any atom is -0.349 e. The van der Waals surface area contributed by atoms with Crippen LogP contribution in [0.3, 0.4) is 0 Å². The second kappa shape index (κ2) is 6.55. The van der Waals surface area contributed by atoms with Gasteiger partial charge < -0.3 is 11.1 Å². The fraction of sp³-hybridized carbons (Fsp3) is 0.533. The van der Waals surface area contributed by atoms with E-state index in [0.29, 0.717) is 6.54 Å². The van der Waals surface area contributed by atoms with Crippen LogP contribution >= 0.6 is 0 Å². The van der Waals surface area contributed by atoms with Crippen LogP contribution in [-0.2, 0) is 4.79 Å². The van der Waals surface area contributed by atoms with E-state index in [1.165, 1.54) is 16.7 Å². The molecule has 3 N–H and O–H groups in total. The highest BCUT2D eigenvalue weighted by atomic mass is 16.1. The molecule has 0 aliphatic heterocycles. The number of hydrogen-bond donors (Lipinski definition) is 2. The van der Waals surface area contributed by atoms with Crippen molar-refractivity contribution in [2.75, 3.05) is 6.54 Å². The first-order chi connectivity index (χ1) is 8.49. The topological polar surface area (TPSA) is 55.1 Å². The maximum atomic E-state index is 12.0. The third-order valence-corrected chi connectivity index (χ3v) is 3.40. The van der Waals surface area contributed by atoms with E-state index in [9.17, 15) is 4.79 Å². The van der Waals surface area contributed by atoms with Gasteiger partial charge in [0.15, 0.2) is 0 Å². The Kier molecular flexibility index (Phi) is 5.35. The summed E-state index contributed by atoms with van der Waals surface area (Å²) in [7, 11) is 0. The van der Waals surface area contributed by atoms with Crippen molar-refractivity contribution >= 4 is 5.91 Å². The summed E-state index contributed by atoms with van der Waals surface area (Å²) in [5.41, 5.74) is 9.21. The summed E-state index contributed by atoms with van der Waals surface area (Å²) in [5.74, 6) is -0.0364. The summed E-state index contributed by atoms with van der Waals surface area (Å²) >= 11 is 0. The lowest BCUT2D eigenvalue weighted by atomic mass is 9.99. The monoisotopic (exact) mass is 248 g/mol. The van der Waals surface area contributed by atoms with Crippen LogP contribution in [-0.4, -0.2) is 12.5 Å². The highest BCUT2D eigenvalue weighted by Crippen LogP contribution is 2.19. The van der Waals surface area contributed by atoms with Crippen LogP contribution < -0.4 is 11.1 Å². The van der Waals surface area contributed by atoms with Gasteiger partial charge in [-0.2, -0.15) is 0 Å². The molecule has 0 radical (unpaired) electrons. The zero-order valence-corrected chi connectivity index (χ0v) is 11.8. The number of aryl methyl sites for hydroxylation is 2. The number of nitrogens with two attached hydrogens (primary N) is 1. The first kappa shape index (κ1) is 14.7. The van der Waals surface area contributed by atoms with Gasteiger partial charge in [-0.25, -0.2) is 0 Å². The molecular formula is C15H24N2O. The minimum atomic E-state index is -0.0850. The van der Waals surface area contributed by atoms with Crippen molar-refractivity contribution < 1.29 is 4.79 Å². The van der Waals surface area contributed by atoms with E-state index in [4.69, 9.17) is 5.73 Å². The van der Waals surface area contributed by atoms with Gasteiger partial charge in [-0.1, -0.05) is 30.7 Å². The van der Waals surface area contributed by atoms with E-state index >= 15 is 0 Å². The maximum Gasteiger partial charge on any atom is 0.224 e. The molecule has 3 nitrogen and oxygen atoms in total. The van der Waals surface area contributed by atoms with Gasteiger partial charge in [0.2, 0.25) is 5.91 Å². The third-order valence-electron chi connectivity index (χ3n) is 3.40. The second-order valence-electron chi connectivity index (χ2n) is 4.93. The lowest BCUT2D eigenvalue weighted by Gasteiger charge is -2.20. The van der Waals surface area contributed by atoms with E-state index in [1.807, 2.05) is 13.8 Å². The number of nitrogens with one attached hydrogen (secondary N) is 1. The average molecular weight is 248 g/mol. The molecule has 2 unspecified atom stereocenters. The smallest absolute Gasteiger partial charge is 0.224 e. The summed E-state index contributed by atoms with van der Waals surface area (Å²) in [5, 5.41) is 3.04. The lowest BCUT2D eigenvalue weighted by molar-refractivity contribution is -0.125. The first-order valence-corrected chi connectivity index (χ1v) is 6.57. The van der Waals surface area contributed by atoms with E-state index in [1.54, 1.807) is 0 Å². The fourth-order valence-corrected chi connectivity index (χ4v) is 2.18. The Balaban J connectivity index is 2.76. The van der Waals surface area contributed by atoms with E-state index in [-0.39, 0.29) is 17.9 Å². The predicted molar refractivity (Wildman–Crippen MR) is 75.3 cm³/mol. The fourth-order valence-electron chi connectivity index (χ4n) is 2.18. The SMILES string of the molecule is CCC(CN)C(=O)NC(C)c1ccc(C)cc1C. The Hall–Kier alpha value is -1.35.